The topological polar surface area (TPSA) is 75.4 Å². The minimum Gasteiger partial charge on any atom is -0.478 e. The maximum atomic E-state index is 13.2. The van der Waals surface area contributed by atoms with E-state index in [1.807, 2.05) is 24.3 Å². The summed E-state index contributed by atoms with van der Waals surface area (Å²) in [7, 11) is 0. The summed E-state index contributed by atoms with van der Waals surface area (Å²) in [5, 5.41) is 10.1. The second-order valence-corrected chi connectivity index (χ2v) is 12.1. The lowest BCUT2D eigenvalue weighted by atomic mass is 9.69. The van der Waals surface area contributed by atoms with Crippen molar-refractivity contribution in [3.05, 3.63) is 104 Å². The molecule has 3 heterocycles. The minimum absolute atomic E-state index is 0.207. The standard InChI is InChI=1S/C33H32ClN3O3/c34-26-5-4-6-27-29(26)30(38)35-32-33(15-2-1-3-16-33)25-12-11-24(19-28(25)37(27)32)22-13-17-36(18-14-22)20-21-7-9-23(10-8-21)31(39)40/h4-12,19,22H,1-3,13-18,20H2,(H,39,40). The predicted molar refractivity (Wildman–Crippen MR) is 157 cm³/mol. The van der Waals surface area contributed by atoms with Gasteiger partial charge in [0.1, 0.15) is 5.82 Å². The Bertz CT molecular complexity index is 1680. The fourth-order valence-electron chi connectivity index (χ4n) is 7.39. The second kappa shape index (κ2) is 9.86. The number of piperidine rings is 1. The molecule has 1 N–H and O–H groups in total. The molecule has 204 valence electrons. The van der Waals surface area contributed by atoms with E-state index in [0.717, 1.165) is 80.8 Å². The van der Waals surface area contributed by atoms with Crippen LogP contribution in [0.25, 0.3) is 16.6 Å². The van der Waals surface area contributed by atoms with Gasteiger partial charge < -0.3 is 5.11 Å². The van der Waals surface area contributed by atoms with Gasteiger partial charge >= 0.3 is 5.97 Å². The molecule has 6 nitrogen and oxygen atoms in total. The van der Waals surface area contributed by atoms with E-state index in [1.165, 1.54) is 17.5 Å². The van der Waals surface area contributed by atoms with Crippen LogP contribution >= 0.6 is 11.6 Å². The number of halogens is 1. The molecule has 1 saturated carbocycles. The first kappa shape index (κ1) is 25.5. The van der Waals surface area contributed by atoms with E-state index in [9.17, 15) is 9.59 Å². The Hall–Kier alpha value is -3.48. The molecule has 0 radical (unpaired) electrons. The van der Waals surface area contributed by atoms with Crippen LogP contribution in [0.2, 0.25) is 5.02 Å². The summed E-state index contributed by atoms with van der Waals surface area (Å²) in [6, 6.07) is 19.9. The van der Waals surface area contributed by atoms with Gasteiger partial charge in [-0.25, -0.2) is 4.79 Å². The molecule has 0 amide bonds. The van der Waals surface area contributed by atoms with E-state index < -0.39 is 5.97 Å². The van der Waals surface area contributed by atoms with Crippen molar-refractivity contribution >= 4 is 28.5 Å². The molecule has 1 saturated heterocycles. The average Bonchev–Trinajstić information content (AvgIpc) is 3.22. The van der Waals surface area contributed by atoms with Crippen molar-refractivity contribution in [1.82, 2.24) is 14.5 Å². The third-order valence-corrected chi connectivity index (χ3v) is 9.76. The van der Waals surface area contributed by atoms with E-state index in [1.54, 1.807) is 18.2 Å². The molecule has 1 aliphatic carbocycles. The number of fused-ring (bicyclic) bond motifs is 7. The van der Waals surface area contributed by atoms with Crippen molar-refractivity contribution in [3.8, 4) is 5.69 Å². The zero-order valence-electron chi connectivity index (χ0n) is 22.4. The molecular formula is C33H32ClN3O3. The van der Waals surface area contributed by atoms with Crippen LogP contribution in [-0.2, 0) is 12.0 Å². The molecule has 40 heavy (non-hydrogen) atoms. The average molecular weight is 554 g/mol. The van der Waals surface area contributed by atoms with Gasteiger partial charge in [-0.3, -0.25) is 14.3 Å². The van der Waals surface area contributed by atoms with Gasteiger partial charge in [0.2, 0.25) is 0 Å². The highest BCUT2D eigenvalue weighted by Gasteiger charge is 2.46. The van der Waals surface area contributed by atoms with Crippen molar-refractivity contribution in [3.63, 3.8) is 0 Å². The largest absolute Gasteiger partial charge is 0.478 e. The Kier molecular flexibility index (Phi) is 6.28. The van der Waals surface area contributed by atoms with Crippen molar-refractivity contribution in [2.24, 2.45) is 0 Å². The second-order valence-electron chi connectivity index (χ2n) is 11.7. The van der Waals surface area contributed by atoms with Crippen molar-refractivity contribution < 1.29 is 9.90 Å². The maximum Gasteiger partial charge on any atom is 0.335 e. The number of aromatic nitrogens is 2. The number of likely N-dealkylation sites (tertiary alicyclic amines) is 1. The van der Waals surface area contributed by atoms with Crippen LogP contribution < -0.4 is 5.56 Å². The number of carboxylic acid groups (broad SMARTS) is 1. The summed E-state index contributed by atoms with van der Waals surface area (Å²) in [5.74, 6) is 0.463. The quantitative estimate of drug-likeness (QED) is 0.305. The number of rotatable bonds is 4. The van der Waals surface area contributed by atoms with Crippen LogP contribution in [0.15, 0.2) is 65.5 Å². The molecule has 0 unspecified atom stereocenters. The fraction of sp³-hybridized carbons (Fsp3) is 0.364. The van der Waals surface area contributed by atoms with Gasteiger partial charge in [-0.05, 0) is 91.7 Å². The molecule has 4 aromatic rings. The summed E-state index contributed by atoms with van der Waals surface area (Å²) < 4.78 is 2.24. The van der Waals surface area contributed by atoms with Crippen molar-refractivity contribution in [2.45, 2.75) is 62.8 Å². The van der Waals surface area contributed by atoms with Gasteiger partial charge in [0.05, 0.1) is 32.6 Å². The lowest BCUT2D eigenvalue weighted by Crippen LogP contribution is -2.32. The highest BCUT2D eigenvalue weighted by Crippen LogP contribution is 2.52. The third kappa shape index (κ3) is 4.08. The lowest BCUT2D eigenvalue weighted by molar-refractivity contribution is 0.0697. The monoisotopic (exact) mass is 553 g/mol. The van der Waals surface area contributed by atoms with Crippen LogP contribution in [0, 0.1) is 0 Å². The maximum absolute atomic E-state index is 13.2. The van der Waals surface area contributed by atoms with Gasteiger partial charge in [0, 0.05) is 6.54 Å². The first-order valence-corrected chi connectivity index (χ1v) is 14.7. The first-order valence-electron chi connectivity index (χ1n) is 14.4. The van der Waals surface area contributed by atoms with Crippen molar-refractivity contribution in [2.75, 3.05) is 13.1 Å². The summed E-state index contributed by atoms with van der Waals surface area (Å²) in [4.78, 5) is 31.6. The molecule has 2 aliphatic heterocycles. The molecular weight excluding hydrogens is 522 g/mol. The van der Waals surface area contributed by atoms with Crippen molar-refractivity contribution in [1.29, 1.82) is 0 Å². The number of carboxylic acids is 1. The third-order valence-electron chi connectivity index (χ3n) is 9.45. The molecule has 3 aliphatic rings. The van der Waals surface area contributed by atoms with Gasteiger partial charge in [-0.15, -0.1) is 0 Å². The summed E-state index contributed by atoms with van der Waals surface area (Å²) in [5.41, 5.74) is 5.70. The zero-order valence-corrected chi connectivity index (χ0v) is 23.2. The molecule has 1 aromatic heterocycles. The number of nitrogens with zero attached hydrogens (tertiary/aromatic N) is 3. The molecule has 1 spiro atoms. The van der Waals surface area contributed by atoms with E-state index in [-0.39, 0.29) is 11.0 Å². The highest BCUT2D eigenvalue weighted by molar-refractivity contribution is 6.35. The molecule has 2 fully saturated rings. The van der Waals surface area contributed by atoms with Crippen LogP contribution in [0.5, 0.6) is 0 Å². The lowest BCUT2D eigenvalue weighted by Gasteiger charge is -2.34. The van der Waals surface area contributed by atoms with E-state index >= 15 is 0 Å². The Morgan fingerprint density at radius 3 is 2.48 bits per heavy atom. The number of hydrogen-bond donors (Lipinski definition) is 1. The minimum atomic E-state index is -0.891. The Morgan fingerprint density at radius 1 is 1.00 bits per heavy atom. The smallest absolute Gasteiger partial charge is 0.335 e. The number of benzene rings is 3. The molecule has 0 atom stereocenters. The molecule has 3 aromatic carbocycles. The van der Waals surface area contributed by atoms with E-state index in [4.69, 9.17) is 21.7 Å². The van der Waals surface area contributed by atoms with Crippen LogP contribution in [0.1, 0.15) is 83.7 Å². The molecule has 7 rings (SSSR count). The van der Waals surface area contributed by atoms with Gasteiger partial charge in [0.15, 0.2) is 0 Å². The summed E-state index contributed by atoms with van der Waals surface area (Å²) >= 11 is 6.53. The first-order chi connectivity index (χ1) is 19.4. The van der Waals surface area contributed by atoms with E-state index in [2.05, 4.69) is 27.7 Å². The van der Waals surface area contributed by atoms with E-state index in [0.29, 0.717) is 21.9 Å². The highest BCUT2D eigenvalue weighted by atomic mass is 35.5. The van der Waals surface area contributed by atoms with Gasteiger partial charge in [0.25, 0.3) is 5.56 Å². The van der Waals surface area contributed by atoms with Gasteiger partial charge in [-0.1, -0.05) is 61.2 Å². The summed E-state index contributed by atoms with van der Waals surface area (Å²) in [6.07, 6.45) is 7.68. The fourth-order valence-corrected chi connectivity index (χ4v) is 7.64. The molecule has 0 bridgehead atoms. The normalized spacial score (nSPS) is 18.6. The number of hydrogen-bond acceptors (Lipinski definition) is 4. The van der Waals surface area contributed by atoms with Gasteiger partial charge in [-0.2, -0.15) is 4.98 Å². The summed E-state index contributed by atoms with van der Waals surface area (Å²) in [6.45, 7) is 2.82. The SMILES string of the molecule is O=C(O)c1ccc(CN2CCC(c3ccc4c(c3)-n3c(nc(=O)c5c(Cl)cccc53)C43CCCCC3)CC2)cc1. The van der Waals surface area contributed by atoms with Crippen LogP contribution in [0.4, 0.5) is 0 Å². The Balaban J connectivity index is 1.20. The predicted octanol–water partition coefficient (Wildman–Crippen LogP) is 6.68. The zero-order chi connectivity index (χ0) is 27.4. The Morgan fingerprint density at radius 2 is 1.75 bits per heavy atom. The van der Waals surface area contributed by atoms with Crippen LogP contribution in [0.3, 0.4) is 0 Å². The number of carbonyl (C=O) groups is 1. The van der Waals surface area contributed by atoms with Crippen LogP contribution in [-0.4, -0.2) is 38.6 Å². The number of aromatic carboxylic acids is 1. The molecule has 7 heteroatoms. The Labute approximate surface area is 238 Å².